The molecule has 7 heteroatoms. The van der Waals surface area contributed by atoms with Gasteiger partial charge in [-0.15, -0.1) is 0 Å². The van der Waals surface area contributed by atoms with Crippen molar-refractivity contribution < 1.29 is 70.8 Å². The number of carbonyl (C=O) groups is 1. The van der Waals surface area contributed by atoms with E-state index in [4.69, 9.17) is 9.47 Å². The summed E-state index contributed by atoms with van der Waals surface area (Å²) < 4.78 is 10.4. The zero-order valence-electron chi connectivity index (χ0n) is 18.3. The summed E-state index contributed by atoms with van der Waals surface area (Å²) in [7, 11) is 3.23. The van der Waals surface area contributed by atoms with E-state index in [9.17, 15) is 9.90 Å². The van der Waals surface area contributed by atoms with Crippen LogP contribution in [-0.2, 0) is 17.9 Å². The third-order valence-electron chi connectivity index (χ3n) is 5.08. The summed E-state index contributed by atoms with van der Waals surface area (Å²) in [5, 5.41) is 12.9. The quantitative estimate of drug-likeness (QED) is 0.562. The van der Waals surface area contributed by atoms with Crippen molar-refractivity contribution in [2.45, 2.75) is 33.0 Å². The van der Waals surface area contributed by atoms with Crippen molar-refractivity contribution in [2.75, 3.05) is 14.2 Å². The largest absolute Gasteiger partial charge is 1.00 e. The van der Waals surface area contributed by atoms with Crippen molar-refractivity contribution in [2.24, 2.45) is 5.92 Å². The molecule has 2 aromatic carbocycles. The minimum atomic E-state index is -0.507. The molecule has 0 saturated heterocycles. The Morgan fingerprint density at radius 3 is 1.80 bits per heavy atom. The Morgan fingerprint density at radius 2 is 1.37 bits per heavy atom. The fraction of sp³-hybridized carbons (Fsp3) is 0.348. The first-order valence-corrected chi connectivity index (χ1v) is 9.64. The van der Waals surface area contributed by atoms with Gasteiger partial charge in [-0.25, -0.2) is 0 Å². The van der Waals surface area contributed by atoms with Crippen LogP contribution in [0.4, 0.5) is 0 Å². The van der Waals surface area contributed by atoms with Crippen LogP contribution in [0.5, 0.6) is 11.5 Å². The van der Waals surface area contributed by atoms with E-state index in [2.05, 4.69) is 0 Å². The Labute approximate surface area is 220 Å². The van der Waals surface area contributed by atoms with Crippen LogP contribution in [0.2, 0.25) is 0 Å². The SMILES string of the molecule is COc1ccc(CN2C=C([O-])N(Cc3ccc(OC)cc3)[C@@H](C(C)C)C2=O)cc1.[K+]. The number of rotatable bonds is 7. The molecule has 0 aliphatic carbocycles. The molecule has 30 heavy (non-hydrogen) atoms. The first kappa shape index (κ1) is 24.8. The van der Waals surface area contributed by atoms with Crippen LogP contribution in [0, 0.1) is 5.92 Å². The van der Waals surface area contributed by atoms with Gasteiger partial charge < -0.3 is 24.4 Å². The molecule has 0 unspecified atom stereocenters. The van der Waals surface area contributed by atoms with Gasteiger partial charge in [-0.3, -0.25) is 4.79 Å². The molecular weight excluding hydrogens is 407 g/mol. The van der Waals surface area contributed by atoms with E-state index >= 15 is 0 Å². The number of methoxy groups -OCH3 is 2. The molecular formula is C23H27KN2O4. The summed E-state index contributed by atoms with van der Waals surface area (Å²) in [6.45, 7) is 4.67. The zero-order valence-corrected chi connectivity index (χ0v) is 21.4. The van der Waals surface area contributed by atoms with E-state index in [1.54, 1.807) is 19.1 Å². The third kappa shape index (κ3) is 5.80. The molecule has 6 nitrogen and oxygen atoms in total. The van der Waals surface area contributed by atoms with Crippen molar-refractivity contribution in [3.8, 4) is 11.5 Å². The van der Waals surface area contributed by atoms with E-state index in [1.165, 1.54) is 11.1 Å². The molecule has 0 radical (unpaired) electrons. The average Bonchev–Trinajstić information content (AvgIpc) is 2.72. The number of carbonyl (C=O) groups excluding carboxylic acids is 1. The fourth-order valence-corrected chi connectivity index (χ4v) is 3.51. The predicted octanol–water partition coefficient (Wildman–Crippen LogP) is -0.264. The van der Waals surface area contributed by atoms with E-state index in [1.807, 2.05) is 62.4 Å². The second-order valence-corrected chi connectivity index (χ2v) is 7.45. The molecule has 1 amide bonds. The number of nitrogens with zero attached hydrogens (tertiary/aromatic N) is 2. The van der Waals surface area contributed by atoms with Crippen molar-refractivity contribution >= 4 is 5.91 Å². The predicted molar refractivity (Wildman–Crippen MR) is 109 cm³/mol. The van der Waals surface area contributed by atoms with E-state index in [0.29, 0.717) is 13.1 Å². The zero-order chi connectivity index (χ0) is 21.0. The van der Waals surface area contributed by atoms with Crippen LogP contribution >= 0.6 is 0 Å². The van der Waals surface area contributed by atoms with Gasteiger partial charge in [0.25, 0.3) is 0 Å². The molecule has 2 aromatic rings. The monoisotopic (exact) mass is 434 g/mol. The first-order chi connectivity index (χ1) is 13.9. The molecule has 1 aliphatic heterocycles. The molecule has 1 heterocycles. The summed E-state index contributed by atoms with van der Waals surface area (Å²) in [5.41, 5.74) is 1.89. The molecule has 0 N–H and O–H groups in total. The van der Waals surface area contributed by atoms with Gasteiger partial charge in [-0.1, -0.05) is 38.1 Å². The Bertz CT molecular complexity index is 866. The van der Waals surface area contributed by atoms with Gasteiger partial charge in [-0.2, -0.15) is 0 Å². The average molecular weight is 435 g/mol. The van der Waals surface area contributed by atoms with Crippen LogP contribution in [0.15, 0.2) is 60.6 Å². The Morgan fingerprint density at radius 1 is 0.900 bits per heavy atom. The summed E-state index contributed by atoms with van der Waals surface area (Å²) in [6, 6.07) is 14.5. The van der Waals surface area contributed by atoms with Gasteiger partial charge in [0.2, 0.25) is 5.91 Å². The van der Waals surface area contributed by atoms with E-state index < -0.39 is 6.04 Å². The van der Waals surface area contributed by atoms with Crippen LogP contribution in [0.1, 0.15) is 25.0 Å². The second kappa shape index (κ2) is 11.2. The van der Waals surface area contributed by atoms with Crippen molar-refractivity contribution in [1.82, 2.24) is 9.80 Å². The van der Waals surface area contributed by atoms with Crippen LogP contribution < -0.4 is 66.0 Å². The summed E-state index contributed by atoms with van der Waals surface area (Å²) in [5.74, 6) is 1.28. The maximum atomic E-state index is 13.2. The summed E-state index contributed by atoms with van der Waals surface area (Å²) in [4.78, 5) is 16.4. The van der Waals surface area contributed by atoms with Crippen molar-refractivity contribution in [1.29, 1.82) is 0 Å². The minimum absolute atomic E-state index is 0. The fourth-order valence-electron chi connectivity index (χ4n) is 3.51. The van der Waals surface area contributed by atoms with Crippen LogP contribution in [-0.4, -0.2) is 36.0 Å². The molecule has 0 bridgehead atoms. The molecule has 0 fully saturated rings. The Balaban J connectivity index is 0.00000320. The van der Waals surface area contributed by atoms with E-state index in [0.717, 1.165) is 22.6 Å². The maximum Gasteiger partial charge on any atom is 1.00 e. The number of benzene rings is 2. The van der Waals surface area contributed by atoms with Crippen LogP contribution in [0.3, 0.4) is 0 Å². The molecule has 3 rings (SSSR count). The maximum absolute atomic E-state index is 13.2. The number of ether oxygens (including phenoxy) is 2. The van der Waals surface area contributed by atoms with Gasteiger partial charge in [0.05, 0.1) is 20.8 Å². The van der Waals surface area contributed by atoms with Crippen molar-refractivity contribution in [3.05, 3.63) is 71.7 Å². The standard InChI is InChI=1S/C23H28N2O4.K/c1-16(2)22-23(27)24(13-17-5-9-19(28-3)10-6-17)15-21(26)25(22)14-18-7-11-20(29-4)12-8-18;/h5-12,15-16,22,26H,13-14H2,1-4H3;/q;+1/p-1/t22-;/m0./s1. The van der Waals surface area contributed by atoms with Gasteiger partial charge in [-0.05, 0) is 47.2 Å². The topological polar surface area (TPSA) is 65.1 Å². The first-order valence-electron chi connectivity index (χ1n) is 9.64. The summed E-state index contributed by atoms with van der Waals surface area (Å²) in [6.07, 6.45) is 1.41. The number of amides is 1. The summed E-state index contributed by atoms with van der Waals surface area (Å²) >= 11 is 0. The number of hydrogen-bond donors (Lipinski definition) is 0. The third-order valence-corrected chi connectivity index (χ3v) is 5.08. The molecule has 1 aliphatic rings. The van der Waals surface area contributed by atoms with Gasteiger partial charge >= 0.3 is 51.4 Å². The molecule has 1 atom stereocenters. The van der Waals surface area contributed by atoms with Crippen LogP contribution in [0.25, 0.3) is 0 Å². The molecule has 0 saturated carbocycles. The molecule has 154 valence electrons. The molecule has 0 spiro atoms. The van der Waals surface area contributed by atoms with Gasteiger partial charge in [0, 0.05) is 12.7 Å². The normalized spacial score (nSPS) is 16.2. The Hall–Kier alpha value is -1.51. The van der Waals surface area contributed by atoms with E-state index in [-0.39, 0.29) is 69.1 Å². The molecule has 0 aromatic heterocycles. The minimum Gasteiger partial charge on any atom is -0.859 e. The van der Waals surface area contributed by atoms with Crippen molar-refractivity contribution in [3.63, 3.8) is 0 Å². The Kier molecular flexibility index (Phi) is 9.24. The van der Waals surface area contributed by atoms with Gasteiger partial charge in [0.15, 0.2) is 0 Å². The second-order valence-electron chi connectivity index (χ2n) is 7.45. The smallest absolute Gasteiger partial charge is 0.859 e. The number of hydrogen-bond acceptors (Lipinski definition) is 5. The van der Waals surface area contributed by atoms with Gasteiger partial charge in [0.1, 0.15) is 17.5 Å².